The molecule has 1 amide bonds. The number of aromatic nitrogens is 1. The van der Waals surface area contributed by atoms with Gasteiger partial charge in [-0.3, -0.25) is 4.79 Å². The Morgan fingerprint density at radius 2 is 2.03 bits per heavy atom. The minimum absolute atomic E-state index is 0.230. The molecule has 0 saturated carbocycles. The van der Waals surface area contributed by atoms with E-state index in [1.165, 1.54) is 5.56 Å². The van der Waals surface area contributed by atoms with Crippen molar-refractivity contribution in [1.29, 1.82) is 0 Å². The van der Waals surface area contributed by atoms with E-state index in [1.54, 1.807) is 0 Å². The molecule has 0 N–H and O–H groups in total. The second-order valence-corrected chi connectivity index (χ2v) is 8.38. The summed E-state index contributed by atoms with van der Waals surface area (Å²) in [6, 6.07) is 13.5. The van der Waals surface area contributed by atoms with Crippen LogP contribution in [-0.2, 0) is 4.79 Å². The highest BCUT2D eigenvalue weighted by molar-refractivity contribution is 6.31. The summed E-state index contributed by atoms with van der Waals surface area (Å²) in [6.07, 6.45) is 4.05. The summed E-state index contributed by atoms with van der Waals surface area (Å²) in [7, 11) is 0. The Bertz CT molecular complexity index is 1010. The molecular formula is C24H27ClN2O3. The molecule has 0 atom stereocenters. The van der Waals surface area contributed by atoms with Crippen LogP contribution in [0, 0.1) is 6.92 Å². The zero-order valence-electron chi connectivity index (χ0n) is 17.3. The lowest BCUT2D eigenvalue weighted by Crippen LogP contribution is -2.37. The fraction of sp³-hybridized carbons (Fsp3) is 0.417. The minimum atomic E-state index is 0.230. The molecule has 1 saturated heterocycles. The average Bonchev–Trinajstić information content (AvgIpc) is 3.17. The Morgan fingerprint density at radius 3 is 2.83 bits per heavy atom. The van der Waals surface area contributed by atoms with Crippen molar-refractivity contribution in [2.45, 2.75) is 44.9 Å². The Hall–Kier alpha value is -2.53. The molecule has 2 aromatic carbocycles. The summed E-state index contributed by atoms with van der Waals surface area (Å²) in [5.74, 6) is 2.13. The summed E-state index contributed by atoms with van der Waals surface area (Å²) in [5, 5.41) is 0.659. The monoisotopic (exact) mass is 426 g/mol. The highest BCUT2D eigenvalue weighted by Crippen LogP contribution is 2.31. The van der Waals surface area contributed by atoms with Gasteiger partial charge in [0.1, 0.15) is 11.3 Å². The van der Waals surface area contributed by atoms with Gasteiger partial charge in [-0.15, -0.1) is 0 Å². The molecule has 1 aliphatic rings. The maximum absolute atomic E-state index is 12.5. The van der Waals surface area contributed by atoms with Gasteiger partial charge < -0.3 is 14.1 Å². The average molecular weight is 427 g/mol. The maximum atomic E-state index is 12.5. The number of oxazole rings is 1. The predicted molar refractivity (Wildman–Crippen MR) is 118 cm³/mol. The van der Waals surface area contributed by atoms with E-state index in [9.17, 15) is 4.79 Å². The number of piperidine rings is 1. The Labute approximate surface area is 182 Å². The largest absolute Gasteiger partial charge is 0.494 e. The summed E-state index contributed by atoms with van der Waals surface area (Å²) < 4.78 is 11.7. The number of likely N-dealkylation sites (tertiary alicyclic amines) is 1. The van der Waals surface area contributed by atoms with E-state index >= 15 is 0 Å². The molecule has 0 radical (unpaired) electrons. The number of ether oxygens (including phenoxy) is 1. The molecule has 2 heterocycles. The SMILES string of the molecule is Cc1cccc(OCCCCC(=O)N2CCC(c3nc4cc(Cl)ccc4o3)CC2)c1. The lowest BCUT2D eigenvalue weighted by molar-refractivity contribution is -0.132. The van der Waals surface area contributed by atoms with Crippen LogP contribution >= 0.6 is 11.6 Å². The van der Waals surface area contributed by atoms with Crippen LogP contribution in [0.4, 0.5) is 0 Å². The van der Waals surface area contributed by atoms with Gasteiger partial charge in [-0.2, -0.15) is 0 Å². The first-order valence-corrected chi connectivity index (χ1v) is 11.0. The third-order valence-electron chi connectivity index (χ3n) is 5.61. The molecule has 30 heavy (non-hydrogen) atoms. The molecule has 1 aliphatic heterocycles. The number of hydrogen-bond donors (Lipinski definition) is 0. The summed E-state index contributed by atoms with van der Waals surface area (Å²) in [5.41, 5.74) is 2.75. The molecule has 0 spiro atoms. The Morgan fingerprint density at radius 1 is 1.20 bits per heavy atom. The van der Waals surface area contributed by atoms with Crippen LogP contribution in [-0.4, -0.2) is 35.5 Å². The molecule has 158 valence electrons. The molecule has 1 aromatic heterocycles. The lowest BCUT2D eigenvalue weighted by atomic mass is 9.96. The van der Waals surface area contributed by atoms with Crippen molar-refractivity contribution in [3.63, 3.8) is 0 Å². The molecule has 0 aliphatic carbocycles. The van der Waals surface area contributed by atoms with Gasteiger partial charge in [-0.1, -0.05) is 23.7 Å². The van der Waals surface area contributed by atoms with Crippen molar-refractivity contribution >= 4 is 28.6 Å². The molecule has 3 aromatic rings. The predicted octanol–water partition coefficient (Wildman–Crippen LogP) is 5.74. The van der Waals surface area contributed by atoms with E-state index in [0.29, 0.717) is 18.1 Å². The minimum Gasteiger partial charge on any atom is -0.494 e. The number of benzene rings is 2. The molecule has 0 unspecified atom stereocenters. The van der Waals surface area contributed by atoms with Crippen LogP contribution in [0.15, 0.2) is 46.9 Å². The topological polar surface area (TPSA) is 55.6 Å². The van der Waals surface area contributed by atoms with E-state index in [2.05, 4.69) is 18.0 Å². The van der Waals surface area contributed by atoms with Crippen molar-refractivity contribution in [2.24, 2.45) is 0 Å². The number of aryl methyl sites for hydroxylation is 1. The number of fused-ring (bicyclic) bond motifs is 1. The lowest BCUT2D eigenvalue weighted by Gasteiger charge is -2.30. The number of hydrogen-bond acceptors (Lipinski definition) is 4. The van der Waals surface area contributed by atoms with E-state index in [1.807, 2.05) is 41.3 Å². The number of halogens is 1. The van der Waals surface area contributed by atoms with Gasteiger partial charge in [0.15, 0.2) is 11.5 Å². The molecule has 6 heteroatoms. The van der Waals surface area contributed by atoms with Crippen LogP contribution in [0.25, 0.3) is 11.1 Å². The zero-order chi connectivity index (χ0) is 20.9. The van der Waals surface area contributed by atoms with Gasteiger partial charge in [0.25, 0.3) is 0 Å². The second kappa shape index (κ2) is 9.52. The highest BCUT2D eigenvalue weighted by Gasteiger charge is 2.26. The van der Waals surface area contributed by atoms with Crippen molar-refractivity contribution in [3.05, 3.63) is 58.9 Å². The number of amides is 1. The normalized spacial score (nSPS) is 14.9. The van der Waals surface area contributed by atoms with E-state index in [-0.39, 0.29) is 11.8 Å². The van der Waals surface area contributed by atoms with Crippen LogP contribution < -0.4 is 4.74 Å². The van der Waals surface area contributed by atoms with Crippen molar-refractivity contribution in [3.8, 4) is 5.75 Å². The van der Waals surface area contributed by atoms with Crippen LogP contribution in [0.3, 0.4) is 0 Å². The number of rotatable bonds is 7. The highest BCUT2D eigenvalue weighted by atomic mass is 35.5. The first-order chi connectivity index (χ1) is 14.6. The molecule has 1 fully saturated rings. The fourth-order valence-electron chi connectivity index (χ4n) is 3.90. The zero-order valence-corrected chi connectivity index (χ0v) is 18.0. The van der Waals surface area contributed by atoms with Crippen LogP contribution in [0.5, 0.6) is 5.75 Å². The van der Waals surface area contributed by atoms with E-state index < -0.39 is 0 Å². The van der Waals surface area contributed by atoms with Gasteiger partial charge in [0.05, 0.1) is 6.61 Å². The molecule has 4 rings (SSSR count). The number of unbranched alkanes of at least 4 members (excludes halogenated alkanes) is 1. The van der Waals surface area contributed by atoms with Gasteiger partial charge in [-0.05, 0) is 68.5 Å². The second-order valence-electron chi connectivity index (χ2n) is 7.94. The summed E-state index contributed by atoms with van der Waals surface area (Å²) in [6.45, 7) is 4.20. The third kappa shape index (κ3) is 5.14. The smallest absolute Gasteiger partial charge is 0.222 e. The molecule has 0 bridgehead atoms. The van der Waals surface area contributed by atoms with E-state index in [4.69, 9.17) is 20.8 Å². The number of carbonyl (C=O) groups is 1. The van der Waals surface area contributed by atoms with Crippen molar-refractivity contribution in [2.75, 3.05) is 19.7 Å². The van der Waals surface area contributed by atoms with Crippen molar-refractivity contribution in [1.82, 2.24) is 9.88 Å². The van der Waals surface area contributed by atoms with Crippen molar-refractivity contribution < 1.29 is 13.9 Å². The standard InChI is InChI=1S/C24H27ClN2O3/c1-17-5-4-6-20(15-17)29-14-3-2-7-23(28)27-12-10-18(11-13-27)24-26-21-16-19(25)8-9-22(21)30-24/h4-6,8-9,15-16,18H,2-3,7,10-14H2,1H3. The third-order valence-corrected chi connectivity index (χ3v) is 5.84. The molecule has 5 nitrogen and oxygen atoms in total. The summed E-state index contributed by atoms with van der Waals surface area (Å²) >= 11 is 6.03. The van der Waals surface area contributed by atoms with Gasteiger partial charge in [0.2, 0.25) is 5.91 Å². The number of carbonyl (C=O) groups excluding carboxylic acids is 1. The summed E-state index contributed by atoms with van der Waals surface area (Å²) in [4.78, 5) is 19.1. The Balaban J connectivity index is 1.18. The first-order valence-electron chi connectivity index (χ1n) is 10.6. The molecular weight excluding hydrogens is 400 g/mol. The van der Waals surface area contributed by atoms with Crippen LogP contribution in [0.1, 0.15) is 49.5 Å². The number of nitrogens with zero attached hydrogens (tertiary/aromatic N) is 2. The van der Waals surface area contributed by atoms with Gasteiger partial charge in [0, 0.05) is 30.5 Å². The van der Waals surface area contributed by atoms with Gasteiger partial charge >= 0.3 is 0 Å². The van der Waals surface area contributed by atoms with Crippen LogP contribution in [0.2, 0.25) is 5.02 Å². The maximum Gasteiger partial charge on any atom is 0.222 e. The fourth-order valence-corrected chi connectivity index (χ4v) is 4.07. The van der Waals surface area contributed by atoms with E-state index in [0.717, 1.165) is 61.5 Å². The first kappa shape index (κ1) is 20.7. The van der Waals surface area contributed by atoms with Gasteiger partial charge in [-0.25, -0.2) is 4.98 Å². The Kier molecular flexibility index (Phi) is 6.58. The quantitative estimate of drug-likeness (QED) is 0.451.